The SMILES string of the molecule is CC(=O)c1cccc(O[C@H](C)C(=O)NCCCn2cccnc2=O)c1. The number of amides is 1. The van der Waals surface area contributed by atoms with Crippen LogP contribution in [0.2, 0.25) is 0 Å². The monoisotopic (exact) mass is 343 g/mol. The highest BCUT2D eigenvalue weighted by atomic mass is 16.5. The van der Waals surface area contributed by atoms with Gasteiger partial charge < -0.3 is 10.1 Å². The molecular weight excluding hydrogens is 322 g/mol. The number of carbonyl (C=O) groups is 2. The first kappa shape index (κ1) is 18.4. The smallest absolute Gasteiger partial charge is 0.347 e. The second-order valence-corrected chi connectivity index (χ2v) is 5.58. The van der Waals surface area contributed by atoms with E-state index in [1.807, 2.05) is 0 Å². The number of hydrogen-bond acceptors (Lipinski definition) is 5. The number of rotatable bonds is 8. The van der Waals surface area contributed by atoms with Gasteiger partial charge in [0.15, 0.2) is 11.9 Å². The number of benzene rings is 1. The lowest BCUT2D eigenvalue weighted by atomic mass is 10.1. The largest absolute Gasteiger partial charge is 0.481 e. The van der Waals surface area contributed by atoms with Crippen molar-refractivity contribution in [1.29, 1.82) is 0 Å². The van der Waals surface area contributed by atoms with Crippen LogP contribution in [0.3, 0.4) is 0 Å². The van der Waals surface area contributed by atoms with E-state index in [0.717, 1.165) is 0 Å². The molecule has 1 N–H and O–H groups in total. The van der Waals surface area contributed by atoms with E-state index < -0.39 is 6.10 Å². The summed E-state index contributed by atoms with van der Waals surface area (Å²) < 4.78 is 7.06. The van der Waals surface area contributed by atoms with E-state index in [-0.39, 0.29) is 17.4 Å². The fourth-order valence-corrected chi connectivity index (χ4v) is 2.21. The molecule has 2 aromatic rings. The Labute approximate surface area is 145 Å². The fourth-order valence-electron chi connectivity index (χ4n) is 2.21. The standard InChI is InChI=1S/C18H21N3O4/c1-13(22)15-6-3-7-16(12-15)25-14(2)17(23)19-8-4-10-21-11-5-9-20-18(21)24/h3,5-7,9,11-12,14H,4,8,10H2,1-2H3,(H,19,23)/t14-/m1/s1. The summed E-state index contributed by atoms with van der Waals surface area (Å²) in [4.78, 5) is 38.5. The third kappa shape index (κ3) is 5.56. The Bertz CT molecular complexity index is 801. The number of ketones is 1. The van der Waals surface area contributed by atoms with Gasteiger partial charge in [-0.25, -0.2) is 9.78 Å². The van der Waals surface area contributed by atoms with Crippen LogP contribution in [0.1, 0.15) is 30.6 Å². The second-order valence-electron chi connectivity index (χ2n) is 5.58. The van der Waals surface area contributed by atoms with Crippen LogP contribution >= 0.6 is 0 Å². The van der Waals surface area contributed by atoms with Crippen LogP contribution < -0.4 is 15.7 Å². The van der Waals surface area contributed by atoms with Crippen LogP contribution in [0.15, 0.2) is 47.5 Å². The first-order valence-corrected chi connectivity index (χ1v) is 8.04. The third-order valence-corrected chi connectivity index (χ3v) is 3.58. The maximum absolute atomic E-state index is 12.1. The molecule has 132 valence electrons. The summed E-state index contributed by atoms with van der Waals surface area (Å²) in [7, 11) is 0. The molecule has 0 saturated heterocycles. The lowest BCUT2D eigenvalue weighted by Gasteiger charge is -2.15. The van der Waals surface area contributed by atoms with Crippen molar-refractivity contribution in [1.82, 2.24) is 14.9 Å². The molecular formula is C18H21N3O4. The summed E-state index contributed by atoms with van der Waals surface area (Å²) in [5, 5.41) is 2.76. The summed E-state index contributed by atoms with van der Waals surface area (Å²) in [6.45, 7) is 4.01. The highest BCUT2D eigenvalue weighted by molar-refractivity contribution is 5.94. The molecule has 1 aromatic carbocycles. The molecule has 1 amide bonds. The number of ether oxygens (including phenoxy) is 1. The second kappa shape index (κ2) is 8.77. The summed E-state index contributed by atoms with van der Waals surface area (Å²) in [5.74, 6) is 0.150. The molecule has 25 heavy (non-hydrogen) atoms. The highest BCUT2D eigenvalue weighted by Crippen LogP contribution is 2.15. The van der Waals surface area contributed by atoms with Gasteiger partial charge in [-0.05, 0) is 38.5 Å². The number of hydrogen-bond donors (Lipinski definition) is 1. The molecule has 2 rings (SSSR count). The van der Waals surface area contributed by atoms with E-state index in [0.29, 0.717) is 30.8 Å². The summed E-state index contributed by atoms with van der Waals surface area (Å²) in [5.41, 5.74) is 0.225. The fraction of sp³-hybridized carbons (Fsp3) is 0.333. The zero-order valence-corrected chi connectivity index (χ0v) is 14.3. The highest BCUT2D eigenvalue weighted by Gasteiger charge is 2.14. The minimum atomic E-state index is -0.691. The Hall–Kier alpha value is -2.96. The Morgan fingerprint density at radius 3 is 2.84 bits per heavy atom. The van der Waals surface area contributed by atoms with Crippen molar-refractivity contribution in [3.63, 3.8) is 0 Å². The predicted octanol–water partition coefficient (Wildman–Crippen LogP) is 1.42. The molecule has 0 aliphatic rings. The number of nitrogens with zero attached hydrogens (tertiary/aromatic N) is 2. The average Bonchev–Trinajstić information content (AvgIpc) is 2.60. The zero-order chi connectivity index (χ0) is 18.2. The van der Waals surface area contributed by atoms with E-state index in [4.69, 9.17) is 4.74 Å². The minimum Gasteiger partial charge on any atom is -0.481 e. The lowest BCUT2D eigenvalue weighted by molar-refractivity contribution is -0.127. The van der Waals surface area contributed by atoms with Crippen molar-refractivity contribution in [3.8, 4) is 5.75 Å². The molecule has 7 nitrogen and oxygen atoms in total. The van der Waals surface area contributed by atoms with Crippen molar-refractivity contribution in [2.45, 2.75) is 32.9 Å². The van der Waals surface area contributed by atoms with Crippen molar-refractivity contribution in [2.75, 3.05) is 6.54 Å². The number of aromatic nitrogens is 2. The number of aryl methyl sites for hydroxylation is 1. The van der Waals surface area contributed by atoms with E-state index in [2.05, 4.69) is 10.3 Å². The van der Waals surface area contributed by atoms with Crippen LogP contribution in [-0.2, 0) is 11.3 Å². The maximum atomic E-state index is 12.1. The van der Waals surface area contributed by atoms with Crippen LogP contribution in [0.25, 0.3) is 0 Å². The van der Waals surface area contributed by atoms with Gasteiger partial charge in [-0.15, -0.1) is 0 Å². The van der Waals surface area contributed by atoms with Gasteiger partial charge in [-0.2, -0.15) is 0 Å². The van der Waals surface area contributed by atoms with Crippen LogP contribution in [0, 0.1) is 0 Å². The van der Waals surface area contributed by atoms with E-state index in [1.54, 1.807) is 43.5 Å². The van der Waals surface area contributed by atoms with E-state index in [9.17, 15) is 14.4 Å². The van der Waals surface area contributed by atoms with E-state index >= 15 is 0 Å². The van der Waals surface area contributed by atoms with Gasteiger partial charge in [0.05, 0.1) is 0 Å². The van der Waals surface area contributed by atoms with Gasteiger partial charge in [0, 0.05) is 31.0 Å². The molecule has 7 heteroatoms. The molecule has 0 saturated carbocycles. The number of carbonyl (C=O) groups excluding carboxylic acids is 2. The summed E-state index contributed by atoms with van der Waals surface area (Å²) in [6, 6.07) is 8.40. The summed E-state index contributed by atoms with van der Waals surface area (Å²) in [6.07, 6.45) is 3.01. The Kier molecular flexibility index (Phi) is 6.45. The topological polar surface area (TPSA) is 90.3 Å². The third-order valence-electron chi connectivity index (χ3n) is 3.58. The Morgan fingerprint density at radius 2 is 2.12 bits per heavy atom. The van der Waals surface area contributed by atoms with Gasteiger partial charge in [0.25, 0.3) is 5.91 Å². The predicted molar refractivity (Wildman–Crippen MR) is 92.7 cm³/mol. The molecule has 0 aliphatic heterocycles. The maximum Gasteiger partial charge on any atom is 0.347 e. The Balaban J connectivity index is 1.78. The van der Waals surface area contributed by atoms with Gasteiger partial charge in [0.1, 0.15) is 5.75 Å². The normalized spacial score (nSPS) is 11.6. The van der Waals surface area contributed by atoms with Gasteiger partial charge in [-0.3, -0.25) is 14.2 Å². The molecule has 0 radical (unpaired) electrons. The van der Waals surface area contributed by atoms with Gasteiger partial charge >= 0.3 is 5.69 Å². The van der Waals surface area contributed by atoms with E-state index in [1.165, 1.54) is 17.7 Å². The molecule has 1 atom stereocenters. The quantitative estimate of drug-likeness (QED) is 0.578. The molecule has 0 unspecified atom stereocenters. The number of Topliss-reactive ketones (excluding diaryl/α,β-unsaturated/α-hetero) is 1. The zero-order valence-electron chi connectivity index (χ0n) is 14.3. The number of nitrogens with one attached hydrogen (secondary N) is 1. The Morgan fingerprint density at radius 1 is 1.32 bits per heavy atom. The summed E-state index contributed by atoms with van der Waals surface area (Å²) >= 11 is 0. The first-order valence-electron chi connectivity index (χ1n) is 8.04. The van der Waals surface area contributed by atoms with Crippen molar-refractivity contribution >= 4 is 11.7 Å². The van der Waals surface area contributed by atoms with Crippen LogP contribution in [0.4, 0.5) is 0 Å². The van der Waals surface area contributed by atoms with Crippen molar-refractivity contribution in [3.05, 3.63) is 58.8 Å². The molecule has 1 heterocycles. The molecule has 0 spiro atoms. The first-order chi connectivity index (χ1) is 12.0. The lowest BCUT2D eigenvalue weighted by Crippen LogP contribution is -2.37. The average molecular weight is 343 g/mol. The van der Waals surface area contributed by atoms with Crippen LogP contribution in [-0.4, -0.2) is 33.9 Å². The molecule has 0 bridgehead atoms. The molecule has 1 aromatic heterocycles. The van der Waals surface area contributed by atoms with Crippen LogP contribution in [0.5, 0.6) is 5.75 Å². The minimum absolute atomic E-state index is 0.0619. The van der Waals surface area contributed by atoms with Gasteiger partial charge in [-0.1, -0.05) is 12.1 Å². The van der Waals surface area contributed by atoms with Crippen molar-refractivity contribution < 1.29 is 14.3 Å². The molecule has 0 fully saturated rings. The van der Waals surface area contributed by atoms with Crippen molar-refractivity contribution in [2.24, 2.45) is 0 Å². The van der Waals surface area contributed by atoms with Gasteiger partial charge in [0.2, 0.25) is 0 Å². The molecule has 0 aliphatic carbocycles.